The van der Waals surface area contributed by atoms with Gasteiger partial charge < -0.3 is 34.7 Å². The molecule has 4 N–H and O–H groups in total. The van der Waals surface area contributed by atoms with Gasteiger partial charge in [-0.25, -0.2) is 0 Å². The first-order valence-electron chi connectivity index (χ1n) is 10.4. The number of hydrogen-bond acceptors (Lipinski definition) is 7. The van der Waals surface area contributed by atoms with Gasteiger partial charge in [0.05, 0.1) is 13.2 Å². The molecule has 2 aromatic rings. The van der Waals surface area contributed by atoms with Crippen molar-refractivity contribution in [3.63, 3.8) is 0 Å². The van der Waals surface area contributed by atoms with Crippen LogP contribution < -0.4 is 16.2 Å². The zero-order valence-corrected chi connectivity index (χ0v) is 17.9. The summed E-state index contributed by atoms with van der Waals surface area (Å²) in [5.74, 6) is -2.16. The first kappa shape index (κ1) is 23.0. The highest BCUT2D eigenvalue weighted by molar-refractivity contribution is 6.62. The van der Waals surface area contributed by atoms with Crippen molar-refractivity contribution in [2.24, 2.45) is 0 Å². The Morgan fingerprint density at radius 1 is 1.00 bits per heavy atom. The summed E-state index contributed by atoms with van der Waals surface area (Å²) in [6.07, 6.45) is 0. The van der Waals surface area contributed by atoms with Gasteiger partial charge >= 0.3 is 20.2 Å². The predicted octanol–water partition coefficient (Wildman–Crippen LogP) is -1.53. The van der Waals surface area contributed by atoms with Gasteiger partial charge in [-0.15, -0.1) is 0 Å². The lowest BCUT2D eigenvalue weighted by Crippen LogP contribution is -2.46. The van der Waals surface area contributed by atoms with Crippen LogP contribution in [-0.2, 0) is 27.3 Å². The molecule has 0 bridgehead atoms. The summed E-state index contributed by atoms with van der Waals surface area (Å²) < 4.78 is 10.3. The summed E-state index contributed by atoms with van der Waals surface area (Å²) >= 11 is 0. The third-order valence-corrected chi connectivity index (χ3v) is 5.61. The topological polar surface area (TPSA) is 146 Å². The van der Waals surface area contributed by atoms with Crippen molar-refractivity contribution in [2.75, 3.05) is 13.1 Å². The number of hydrogen-bond donors (Lipinski definition) is 4. The van der Waals surface area contributed by atoms with Gasteiger partial charge in [0, 0.05) is 23.7 Å². The Labute approximate surface area is 190 Å². The zero-order valence-electron chi connectivity index (χ0n) is 17.9. The fourth-order valence-corrected chi connectivity index (χ4v) is 3.95. The third-order valence-electron chi connectivity index (χ3n) is 5.61. The van der Waals surface area contributed by atoms with Gasteiger partial charge in [0.2, 0.25) is 0 Å². The molecule has 170 valence electrons. The van der Waals surface area contributed by atoms with Crippen LogP contribution in [0, 0.1) is 0 Å². The molecule has 2 heterocycles. The third kappa shape index (κ3) is 4.93. The van der Waals surface area contributed by atoms with Gasteiger partial charge in [-0.2, -0.15) is 0 Å². The summed E-state index contributed by atoms with van der Waals surface area (Å²) in [5.41, 5.74) is 3.09. The van der Waals surface area contributed by atoms with Crippen LogP contribution >= 0.6 is 0 Å². The van der Waals surface area contributed by atoms with Crippen LogP contribution in [0.5, 0.6) is 0 Å². The summed E-state index contributed by atoms with van der Waals surface area (Å²) in [5, 5.41) is 31.8. The molecule has 2 aliphatic heterocycles. The summed E-state index contributed by atoms with van der Waals surface area (Å²) in [7, 11) is -2.21. The molecule has 0 spiro atoms. The van der Waals surface area contributed by atoms with Gasteiger partial charge in [0.15, 0.2) is 0 Å². The second-order valence-corrected chi connectivity index (χ2v) is 8.11. The van der Waals surface area contributed by atoms with Crippen molar-refractivity contribution in [3.05, 3.63) is 58.7 Å². The second-order valence-electron chi connectivity index (χ2n) is 8.11. The molecule has 4 rings (SSSR count). The highest BCUT2D eigenvalue weighted by Crippen LogP contribution is 2.14. The number of nitrogens with one attached hydrogen (secondary N) is 1. The van der Waals surface area contributed by atoms with E-state index < -0.39 is 44.6 Å². The van der Waals surface area contributed by atoms with Crippen LogP contribution in [0.1, 0.15) is 38.8 Å². The largest absolute Gasteiger partial charge is 0.491 e. The molecular weight excluding hydrogens is 430 g/mol. The molecular formula is C21H22B2N2O8. The van der Waals surface area contributed by atoms with Crippen LogP contribution in [0.15, 0.2) is 36.4 Å². The minimum atomic E-state index is -1.20. The van der Waals surface area contributed by atoms with Gasteiger partial charge in [0.25, 0.3) is 11.8 Å². The number of amides is 2. The number of aliphatic carboxylic acids is 1. The van der Waals surface area contributed by atoms with Crippen molar-refractivity contribution < 1.29 is 38.8 Å². The first-order valence-corrected chi connectivity index (χ1v) is 10.4. The number of carbonyl (C=O) groups excluding carboxylic acids is 2. The Morgan fingerprint density at radius 2 is 1.55 bits per heavy atom. The van der Waals surface area contributed by atoms with Crippen LogP contribution in [0.25, 0.3) is 0 Å². The molecule has 0 fully saturated rings. The van der Waals surface area contributed by atoms with Crippen LogP contribution in [0.4, 0.5) is 0 Å². The number of benzene rings is 2. The molecule has 0 saturated heterocycles. The number of nitrogens with zero attached hydrogens (tertiary/aromatic N) is 1. The molecule has 10 nitrogen and oxygen atoms in total. The molecule has 1 atom stereocenters. The van der Waals surface area contributed by atoms with Crippen molar-refractivity contribution in [1.29, 1.82) is 0 Å². The van der Waals surface area contributed by atoms with E-state index in [0.717, 1.165) is 16.0 Å². The summed E-state index contributed by atoms with van der Waals surface area (Å²) in [6, 6.07) is 9.00. The standard InChI is InChI=1S/C21H22B2N2O8/c1-12(24-20(28)13-2-4-15-10-32-22(30)17(15)6-13)8-25(9-19(26)27)21(29)14-3-5-16-11-33-23(31)18(16)7-14/h2-7,12,30-31H,8-11H2,1H3,(H,24,28)(H,26,27)/t12-/m1/s1. The highest BCUT2D eigenvalue weighted by atomic mass is 16.5. The summed E-state index contributed by atoms with van der Waals surface area (Å²) in [4.78, 5) is 38.2. The smallest absolute Gasteiger partial charge is 0.480 e. The average Bonchev–Trinajstić information content (AvgIpc) is 3.34. The molecule has 12 heteroatoms. The molecule has 0 aromatic heterocycles. The predicted molar refractivity (Wildman–Crippen MR) is 118 cm³/mol. The van der Waals surface area contributed by atoms with Crippen LogP contribution in [-0.4, -0.2) is 71.2 Å². The minimum absolute atomic E-state index is 0.0519. The van der Waals surface area contributed by atoms with Crippen molar-refractivity contribution >= 4 is 42.9 Å². The quantitative estimate of drug-likeness (QED) is 0.371. The van der Waals surface area contributed by atoms with Crippen molar-refractivity contribution in [1.82, 2.24) is 10.2 Å². The monoisotopic (exact) mass is 452 g/mol. The maximum atomic E-state index is 13.0. The normalized spacial score (nSPS) is 15.1. The molecule has 0 radical (unpaired) electrons. The lowest BCUT2D eigenvalue weighted by molar-refractivity contribution is -0.137. The number of carboxylic acids is 1. The maximum absolute atomic E-state index is 13.0. The SMILES string of the molecule is C[C@H](CN(CC(=O)O)C(=O)c1ccc2c(c1)B(O)OC2)NC(=O)c1ccc2c(c1)B(O)OC2. The van der Waals surface area contributed by atoms with E-state index in [0.29, 0.717) is 16.5 Å². The molecule has 2 aromatic carbocycles. The average molecular weight is 452 g/mol. The Kier molecular flexibility index (Phi) is 6.52. The Balaban J connectivity index is 1.45. The van der Waals surface area contributed by atoms with E-state index in [1.54, 1.807) is 37.3 Å². The van der Waals surface area contributed by atoms with E-state index in [1.165, 1.54) is 6.07 Å². The van der Waals surface area contributed by atoms with E-state index in [2.05, 4.69) is 5.32 Å². The molecule has 0 saturated carbocycles. The molecule has 0 aliphatic carbocycles. The van der Waals surface area contributed by atoms with Crippen molar-refractivity contribution in [2.45, 2.75) is 26.2 Å². The van der Waals surface area contributed by atoms with Gasteiger partial charge in [-0.1, -0.05) is 12.1 Å². The van der Waals surface area contributed by atoms with E-state index in [9.17, 15) is 29.5 Å². The fraction of sp³-hybridized carbons (Fsp3) is 0.286. The molecule has 0 unspecified atom stereocenters. The Bertz CT molecular complexity index is 1110. The van der Waals surface area contributed by atoms with Crippen molar-refractivity contribution in [3.8, 4) is 0 Å². The Morgan fingerprint density at radius 3 is 2.12 bits per heavy atom. The maximum Gasteiger partial charge on any atom is 0.491 e. The van der Waals surface area contributed by atoms with Crippen LogP contribution in [0.2, 0.25) is 0 Å². The molecule has 33 heavy (non-hydrogen) atoms. The first-order chi connectivity index (χ1) is 15.7. The van der Waals surface area contributed by atoms with Crippen LogP contribution in [0.3, 0.4) is 0 Å². The highest BCUT2D eigenvalue weighted by Gasteiger charge is 2.30. The fourth-order valence-electron chi connectivity index (χ4n) is 3.95. The molecule has 2 aliphatic rings. The van der Waals surface area contributed by atoms with E-state index in [4.69, 9.17) is 9.31 Å². The van der Waals surface area contributed by atoms with Gasteiger partial charge in [0.1, 0.15) is 6.54 Å². The lowest BCUT2D eigenvalue weighted by atomic mass is 9.78. The second kappa shape index (κ2) is 9.36. The number of carboxylic acid groups (broad SMARTS) is 1. The van der Waals surface area contributed by atoms with E-state index in [-0.39, 0.29) is 25.3 Å². The number of rotatable bonds is 7. The van der Waals surface area contributed by atoms with E-state index in [1.807, 2.05) is 0 Å². The zero-order chi connectivity index (χ0) is 23.7. The molecule has 2 amide bonds. The minimum Gasteiger partial charge on any atom is -0.480 e. The lowest BCUT2D eigenvalue weighted by Gasteiger charge is -2.25. The number of fused-ring (bicyclic) bond motifs is 2. The van der Waals surface area contributed by atoms with Gasteiger partial charge in [-0.05, 0) is 53.2 Å². The van der Waals surface area contributed by atoms with Gasteiger partial charge in [-0.3, -0.25) is 14.4 Å². The Hall–Kier alpha value is -3.18. The van der Waals surface area contributed by atoms with E-state index >= 15 is 0 Å². The number of carbonyl (C=O) groups is 3. The summed E-state index contributed by atoms with van der Waals surface area (Å²) in [6.45, 7) is 1.55.